The molecule has 0 aromatic rings. The second-order valence-corrected chi connectivity index (χ2v) is 4.75. The maximum atomic E-state index is 3.50. The van der Waals surface area contributed by atoms with Gasteiger partial charge in [0.1, 0.15) is 0 Å². The Kier molecular flexibility index (Phi) is 9.03. The number of nitrogens with one attached hydrogen (secondary N) is 2. The molecule has 0 aliphatic rings. The van der Waals surface area contributed by atoms with E-state index in [0.29, 0.717) is 12.1 Å². The van der Waals surface area contributed by atoms with Crippen molar-refractivity contribution in [1.82, 2.24) is 10.6 Å². The first-order valence-electron chi connectivity index (χ1n) is 5.12. The maximum Gasteiger partial charge on any atom is 0.0164 e. The monoisotopic (exact) mass is 204 g/mol. The molecule has 0 saturated heterocycles. The van der Waals surface area contributed by atoms with Crippen LogP contribution in [-0.2, 0) is 0 Å². The molecule has 80 valence electrons. The molecular weight excluding hydrogens is 180 g/mol. The van der Waals surface area contributed by atoms with Gasteiger partial charge < -0.3 is 10.6 Å². The lowest BCUT2D eigenvalue weighted by atomic mass is 10.3. The van der Waals surface area contributed by atoms with Gasteiger partial charge in [0.15, 0.2) is 0 Å². The predicted octanol–water partition coefficient (Wildman–Crippen LogP) is 1.72. The van der Waals surface area contributed by atoms with Crippen LogP contribution in [-0.4, -0.2) is 37.2 Å². The van der Waals surface area contributed by atoms with Gasteiger partial charge in [-0.2, -0.15) is 11.8 Å². The normalized spacial score (nSPS) is 13.6. The minimum absolute atomic E-state index is 0.587. The molecule has 0 spiro atoms. The van der Waals surface area contributed by atoms with Crippen molar-refractivity contribution in [3.63, 3.8) is 0 Å². The molecule has 0 radical (unpaired) electrons. The van der Waals surface area contributed by atoms with E-state index in [-0.39, 0.29) is 0 Å². The van der Waals surface area contributed by atoms with Crippen LogP contribution in [0, 0.1) is 0 Å². The maximum absolute atomic E-state index is 3.50. The van der Waals surface area contributed by atoms with Crippen LogP contribution in [0.4, 0.5) is 0 Å². The molecule has 0 rings (SSSR count). The molecule has 1 atom stereocenters. The van der Waals surface area contributed by atoms with Gasteiger partial charge in [-0.25, -0.2) is 0 Å². The van der Waals surface area contributed by atoms with Gasteiger partial charge >= 0.3 is 0 Å². The quantitative estimate of drug-likeness (QED) is 0.589. The first kappa shape index (κ1) is 13.3. The highest BCUT2D eigenvalue weighted by atomic mass is 32.2. The van der Waals surface area contributed by atoms with Crippen LogP contribution in [0.5, 0.6) is 0 Å². The zero-order chi connectivity index (χ0) is 10.1. The molecule has 1 unspecified atom stereocenters. The highest BCUT2D eigenvalue weighted by Gasteiger charge is 2.00. The van der Waals surface area contributed by atoms with Crippen molar-refractivity contribution in [3.05, 3.63) is 0 Å². The molecule has 13 heavy (non-hydrogen) atoms. The zero-order valence-corrected chi connectivity index (χ0v) is 10.2. The summed E-state index contributed by atoms with van der Waals surface area (Å²) in [4.78, 5) is 0. The van der Waals surface area contributed by atoms with E-state index >= 15 is 0 Å². The van der Waals surface area contributed by atoms with Crippen LogP contribution < -0.4 is 10.6 Å². The molecule has 0 saturated carbocycles. The zero-order valence-electron chi connectivity index (χ0n) is 9.39. The SMILES string of the molecule is CSCCCNC(C)CNC(C)C. The van der Waals surface area contributed by atoms with Crippen molar-refractivity contribution < 1.29 is 0 Å². The molecule has 2 N–H and O–H groups in total. The third-order valence-electron chi connectivity index (χ3n) is 1.85. The number of rotatable bonds is 8. The van der Waals surface area contributed by atoms with Crippen molar-refractivity contribution >= 4 is 11.8 Å². The smallest absolute Gasteiger partial charge is 0.0164 e. The van der Waals surface area contributed by atoms with Crippen molar-refractivity contribution in [2.75, 3.05) is 25.1 Å². The second-order valence-electron chi connectivity index (χ2n) is 3.76. The van der Waals surface area contributed by atoms with Crippen molar-refractivity contribution in [2.45, 2.75) is 39.3 Å². The molecule has 0 bridgehead atoms. The predicted molar refractivity (Wildman–Crippen MR) is 63.6 cm³/mol. The number of hydrogen-bond donors (Lipinski definition) is 2. The third kappa shape index (κ3) is 10.2. The van der Waals surface area contributed by atoms with E-state index in [1.165, 1.54) is 12.2 Å². The molecule has 3 heteroatoms. The first-order chi connectivity index (χ1) is 6.16. The van der Waals surface area contributed by atoms with Crippen LogP contribution in [0.1, 0.15) is 27.2 Å². The number of hydrogen-bond acceptors (Lipinski definition) is 3. The fourth-order valence-electron chi connectivity index (χ4n) is 1.05. The molecular formula is C10H24N2S. The van der Waals surface area contributed by atoms with E-state index in [0.717, 1.165) is 13.1 Å². The summed E-state index contributed by atoms with van der Waals surface area (Å²) in [5.74, 6) is 1.26. The summed E-state index contributed by atoms with van der Waals surface area (Å²) in [6.45, 7) is 8.80. The fraction of sp³-hybridized carbons (Fsp3) is 1.00. The Bertz CT molecular complexity index is 107. The Labute approximate surface area is 87.2 Å². The lowest BCUT2D eigenvalue weighted by Crippen LogP contribution is -2.39. The summed E-state index contributed by atoms with van der Waals surface area (Å²) < 4.78 is 0. The van der Waals surface area contributed by atoms with E-state index in [1.807, 2.05) is 11.8 Å². The van der Waals surface area contributed by atoms with E-state index < -0.39 is 0 Å². The Morgan fingerprint density at radius 2 is 1.85 bits per heavy atom. The molecule has 0 heterocycles. The topological polar surface area (TPSA) is 24.1 Å². The van der Waals surface area contributed by atoms with Crippen LogP contribution in [0.25, 0.3) is 0 Å². The summed E-state index contributed by atoms with van der Waals surface area (Å²) in [6.07, 6.45) is 3.43. The minimum atomic E-state index is 0.587. The van der Waals surface area contributed by atoms with Gasteiger partial charge in [-0.05, 0) is 31.9 Å². The van der Waals surface area contributed by atoms with Gasteiger partial charge in [0.05, 0.1) is 0 Å². The van der Waals surface area contributed by atoms with Gasteiger partial charge in [0.2, 0.25) is 0 Å². The molecule has 0 aliphatic carbocycles. The molecule has 0 amide bonds. The van der Waals surface area contributed by atoms with Crippen molar-refractivity contribution in [3.8, 4) is 0 Å². The molecule has 0 fully saturated rings. The Morgan fingerprint density at radius 1 is 1.15 bits per heavy atom. The molecule has 0 aromatic carbocycles. The van der Waals surface area contributed by atoms with Crippen molar-refractivity contribution in [1.29, 1.82) is 0 Å². The lowest BCUT2D eigenvalue weighted by molar-refractivity contribution is 0.475. The average Bonchev–Trinajstić information content (AvgIpc) is 2.09. The summed E-state index contributed by atoms with van der Waals surface area (Å²) in [6, 6.07) is 1.18. The first-order valence-corrected chi connectivity index (χ1v) is 6.52. The van der Waals surface area contributed by atoms with Crippen LogP contribution in [0.3, 0.4) is 0 Å². The second kappa shape index (κ2) is 8.85. The van der Waals surface area contributed by atoms with Gasteiger partial charge in [-0.15, -0.1) is 0 Å². The summed E-state index contributed by atoms with van der Waals surface area (Å²) >= 11 is 1.92. The van der Waals surface area contributed by atoms with Gasteiger partial charge in [-0.3, -0.25) is 0 Å². The van der Waals surface area contributed by atoms with Gasteiger partial charge in [0.25, 0.3) is 0 Å². The van der Waals surface area contributed by atoms with Crippen molar-refractivity contribution in [2.24, 2.45) is 0 Å². The molecule has 2 nitrogen and oxygen atoms in total. The lowest BCUT2D eigenvalue weighted by Gasteiger charge is -2.16. The highest BCUT2D eigenvalue weighted by molar-refractivity contribution is 7.98. The third-order valence-corrected chi connectivity index (χ3v) is 2.55. The van der Waals surface area contributed by atoms with Gasteiger partial charge in [0, 0.05) is 18.6 Å². The Balaban J connectivity index is 3.15. The van der Waals surface area contributed by atoms with Crippen LogP contribution in [0.15, 0.2) is 0 Å². The average molecular weight is 204 g/mol. The number of thioether (sulfide) groups is 1. The molecule has 0 aromatic heterocycles. The van der Waals surface area contributed by atoms with Crippen LogP contribution >= 0.6 is 11.8 Å². The molecule has 0 aliphatic heterocycles. The van der Waals surface area contributed by atoms with Crippen LogP contribution in [0.2, 0.25) is 0 Å². The minimum Gasteiger partial charge on any atom is -0.313 e. The summed E-state index contributed by atoms with van der Waals surface area (Å²) in [5.41, 5.74) is 0. The fourth-order valence-corrected chi connectivity index (χ4v) is 1.48. The Hall–Kier alpha value is 0.270. The summed E-state index contributed by atoms with van der Waals surface area (Å²) in [7, 11) is 0. The Morgan fingerprint density at radius 3 is 2.38 bits per heavy atom. The van der Waals surface area contributed by atoms with E-state index in [9.17, 15) is 0 Å². The van der Waals surface area contributed by atoms with E-state index in [4.69, 9.17) is 0 Å². The van der Waals surface area contributed by atoms with E-state index in [1.54, 1.807) is 0 Å². The van der Waals surface area contributed by atoms with Gasteiger partial charge in [-0.1, -0.05) is 13.8 Å². The largest absolute Gasteiger partial charge is 0.313 e. The van der Waals surface area contributed by atoms with E-state index in [2.05, 4.69) is 37.7 Å². The highest BCUT2D eigenvalue weighted by Crippen LogP contribution is 1.93. The summed E-state index contributed by atoms with van der Waals surface area (Å²) in [5, 5.41) is 6.92. The standard InChI is InChI=1S/C10H24N2S/c1-9(2)12-8-10(3)11-6-5-7-13-4/h9-12H,5-8H2,1-4H3.